The highest BCUT2D eigenvalue weighted by Crippen LogP contribution is 2.43. The summed E-state index contributed by atoms with van der Waals surface area (Å²) in [6.45, 7) is 4.39. The van der Waals surface area contributed by atoms with E-state index in [2.05, 4.69) is 32.0 Å². The molecule has 0 amide bonds. The molecule has 13 heavy (non-hydrogen) atoms. The molecule has 0 aromatic heterocycles. The zero-order valence-corrected chi connectivity index (χ0v) is 8.93. The average Bonchev–Trinajstić information content (AvgIpc) is 2.87. The summed E-state index contributed by atoms with van der Waals surface area (Å²) in [5, 5.41) is 0.966. The second-order valence-electron chi connectivity index (χ2n) is 4.21. The summed E-state index contributed by atoms with van der Waals surface area (Å²) in [5.41, 5.74) is 2.69. The number of rotatable bonds is 2. The van der Waals surface area contributed by atoms with Gasteiger partial charge in [-0.25, -0.2) is 0 Å². The third-order valence-corrected chi connectivity index (χ3v) is 3.04. The van der Waals surface area contributed by atoms with Crippen LogP contribution in [-0.4, -0.2) is 0 Å². The third kappa shape index (κ3) is 1.88. The van der Waals surface area contributed by atoms with Gasteiger partial charge in [0.2, 0.25) is 0 Å². The molecule has 70 valence electrons. The molecule has 1 fully saturated rings. The summed E-state index contributed by atoms with van der Waals surface area (Å²) in [6.07, 6.45) is 2.64. The van der Waals surface area contributed by atoms with Crippen LogP contribution in [0.1, 0.15) is 49.7 Å². The Morgan fingerprint density at radius 3 is 2.46 bits per heavy atom. The van der Waals surface area contributed by atoms with E-state index in [4.69, 9.17) is 11.6 Å². The number of benzene rings is 1. The number of hydrogen-bond acceptors (Lipinski definition) is 0. The van der Waals surface area contributed by atoms with Gasteiger partial charge in [-0.05, 0) is 41.9 Å². The lowest BCUT2D eigenvalue weighted by atomic mass is 10.0. The molecular weight excluding hydrogens is 180 g/mol. The van der Waals surface area contributed by atoms with E-state index in [0.717, 1.165) is 10.9 Å². The van der Waals surface area contributed by atoms with Gasteiger partial charge in [0.15, 0.2) is 0 Å². The van der Waals surface area contributed by atoms with Crippen molar-refractivity contribution in [2.75, 3.05) is 0 Å². The van der Waals surface area contributed by atoms with Crippen molar-refractivity contribution in [2.24, 2.45) is 0 Å². The van der Waals surface area contributed by atoms with Crippen molar-refractivity contribution < 1.29 is 0 Å². The van der Waals surface area contributed by atoms with Gasteiger partial charge >= 0.3 is 0 Å². The second kappa shape index (κ2) is 3.34. The molecule has 0 aliphatic heterocycles. The smallest absolute Gasteiger partial charge is 0.0443 e. The van der Waals surface area contributed by atoms with E-state index in [0.29, 0.717) is 5.92 Å². The molecule has 0 saturated heterocycles. The molecule has 0 atom stereocenters. The Kier molecular flexibility index (Phi) is 2.33. The summed E-state index contributed by atoms with van der Waals surface area (Å²) in [4.78, 5) is 0. The molecule has 0 nitrogen and oxygen atoms in total. The standard InChI is InChI=1S/C12H15Cl/c1-8(2)10-5-6-11(9-3-4-9)12(13)7-10/h5-9H,3-4H2,1-2H3. The number of hydrogen-bond donors (Lipinski definition) is 0. The first kappa shape index (κ1) is 9.08. The minimum absolute atomic E-state index is 0.575. The SMILES string of the molecule is CC(C)c1ccc(C2CC2)c(Cl)c1. The van der Waals surface area contributed by atoms with E-state index in [1.807, 2.05) is 0 Å². The van der Waals surface area contributed by atoms with Crippen LogP contribution in [0.15, 0.2) is 18.2 Å². The van der Waals surface area contributed by atoms with Crippen LogP contribution in [0.4, 0.5) is 0 Å². The second-order valence-corrected chi connectivity index (χ2v) is 4.62. The van der Waals surface area contributed by atoms with E-state index in [1.54, 1.807) is 0 Å². The summed E-state index contributed by atoms with van der Waals surface area (Å²) < 4.78 is 0. The zero-order chi connectivity index (χ0) is 9.42. The van der Waals surface area contributed by atoms with Gasteiger partial charge in [0, 0.05) is 5.02 Å². The molecule has 1 saturated carbocycles. The van der Waals surface area contributed by atoms with Gasteiger partial charge in [-0.2, -0.15) is 0 Å². The fraction of sp³-hybridized carbons (Fsp3) is 0.500. The van der Waals surface area contributed by atoms with Crippen LogP contribution in [0.3, 0.4) is 0 Å². The van der Waals surface area contributed by atoms with E-state index in [1.165, 1.54) is 24.0 Å². The van der Waals surface area contributed by atoms with Crippen LogP contribution in [0.25, 0.3) is 0 Å². The fourth-order valence-corrected chi connectivity index (χ4v) is 1.97. The Bertz CT molecular complexity index is 311. The summed E-state index contributed by atoms with van der Waals surface area (Å²) in [7, 11) is 0. The van der Waals surface area contributed by atoms with Crippen molar-refractivity contribution in [1.82, 2.24) is 0 Å². The summed E-state index contributed by atoms with van der Waals surface area (Å²) in [6, 6.07) is 6.54. The molecule has 0 N–H and O–H groups in total. The minimum atomic E-state index is 0.575. The molecule has 1 aromatic rings. The zero-order valence-electron chi connectivity index (χ0n) is 8.18. The Labute approximate surface area is 84.9 Å². The van der Waals surface area contributed by atoms with Crippen molar-refractivity contribution in [3.8, 4) is 0 Å². The molecule has 0 radical (unpaired) electrons. The van der Waals surface area contributed by atoms with E-state index in [-0.39, 0.29) is 0 Å². The van der Waals surface area contributed by atoms with Crippen LogP contribution in [0.5, 0.6) is 0 Å². The molecule has 0 unspecified atom stereocenters. The molecule has 1 aliphatic carbocycles. The van der Waals surface area contributed by atoms with Gasteiger partial charge in [0.1, 0.15) is 0 Å². The Morgan fingerprint density at radius 2 is 2.00 bits per heavy atom. The van der Waals surface area contributed by atoms with Crippen LogP contribution in [-0.2, 0) is 0 Å². The van der Waals surface area contributed by atoms with Gasteiger partial charge in [-0.3, -0.25) is 0 Å². The van der Waals surface area contributed by atoms with E-state index in [9.17, 15) is 0 Å². The van der Waals surface area contributed by atoms with Crippen molar-refractivity contribution in [2.45, 2.75) is 38.5 Å². The lowest BCUT2D eigenvalue weighted by Gasteiger charge is -2.08. The molecule has 1 aliphatic rings. The highest BCUT2D eigenvalue weighted by atomic mass is 35.5. The van der Waals surface area contributed by atoms with Gasteiger partial charge < -0.3 is 0 Å². The lowest BCUT2D eigenvalue weighted by molar-refractivity contribution is 0.865. The largest absolute Gasteiger partial charge is 0.0840 e. The number of halogens is 1. The van der Waals surface area contributed by atoms with Crippen molar-refractivity contribution in [1.29, 1.82) is 0 Å². The Hall–Kier alpha value is -0.490. The normalized spacial score (nSPS) is 16.6. The van der Waals surface area contributed by atoms with Crippen LogP contribution >= 0.6 is 11.6 Å². The monoisotopic (exact) mass is 194 g/mol. The first-order valence-electron chi connectivity index (χ1n) is 4.98. The maximum Gasteiger partial charge on any atom is 0.0443 e. The van der Waals surface area contributed by atoms with Crippen molar-refractivity contribution in [3.63, 3.8) is 0 Å². The molecule has 0 bridgehead atoms. The van der Waals surface area contributed by atoms with Crippen LogP contribution in [0, 0.1) is 0 Å². The first-order valence-corrected chi connectivity index (χ1v) is 5.35. The topological polar surface area (TPSA) is 0 Å². The highest BCUT2D eigenvalue weighted by Gasteiger charge is 2.25. The molecule has 2 rings (SSSR count). The molecule has 1 aromatic carbocycles. The quantitative estimate of drug-likeness (QED) is 0.657. The van der Waals surface area contributed by atoms with Gasteiger partial charge in [0.05, 0.1) is 0 Å². The lowest BCUT2D eigenvalue weighted by Crippen LogP contribution is -1.89. The van der Waals surface area contributed by atoms with Gasteiger partial charge in [0.25, 0.3) is 0 Å². The third-order valence-electron chi connectivity index (χ3n) is 2.71. The first-order chi connectivity index (χ1) is 6.18. The molecular formula is C12H15Cl. The van der Waals surface area contributed by atoms with E-state index >= 15 is 0 Å². The van der Waals surface area contributed by atoms with Gasteiger partial charge in [-0.1, -0.05) is 37.6 Å². The maximum absolute atomic E-state index is 6.21. The van der Waals surface area contributed by atoms with Gasteiger partial charge in [-0.15, -0.1) is 0 Å². The van der Waals surface area contributed by atoms with Crippen LogP contribution < -0.4 is 0 Å². The molecule has 1 heteroatoms. The maximum atomic E-state index is 6.21. The van der Waals surface area contributed by atoms with Crippen LogP contribution in [0.2, 0.25) is 5.02 Å². The summed E-state index contributed by atoms with van der Waals surface area (Å²) >= 11 is 6.21. The van der Waals surface area contributed by atoms with Crippen molar-refractivity contribution >= 4 is 11.6 Å². The minimum Gasteiger partial charge on any atom is -0.0840 e. The summed E-state index contributed by atoms with van der Waals surface area (Å²) in [5.74, 6) is 1.33. The molecule has 0 heterocycles. The average molecular weight is 195 g/mol. The predicted molar refractivity (Wildman–Crippen MR) is 57.5 cm³/mol. The highest BCUT2D eigenvalue weighted by molar-refractivity contribution is 6.31. The van der Waals surface area contributed by atoms with E-state index < -0.39 is 0 Å². The predicted octanol–water partition coefficient (Wildman–Crippen LogP) is 4.34. The fourth-order valence-electron chi connectivity index (χ4n) is 1.63. The Balaban J connectivity index is 2.31. The Morgan fingerprint density at radius 1 is 1.31 bits per heavy atom. The van der Waals surface area contributed by atoms with Crippen molar-refractivity contribution in [3.05, 3.63) is 34.3 Å². The molecule has 0 spiro atoms.